The molecule has 4 heteroatoms. The van der Waals surface area contributed by atoms with Crippen LogP contribution in [0.15, 0.2) is 24.4 Å². The van der Waals surface area contributed by atoms with Crippen LogP contribution in [0.25, 0.3) is 0 Å². The molecule has 0 aliphatic rings. The lowest BCUT2D eigenvalue weighted by molar-refractivity contribution is -0.150. The highest BCUT2D eigenvalue weighted by atomic mass is 16.5. The van der Waals surface area contributed by atoms with Gasteiger partial charge in [-0.3, -0.25) is 4.98 Å². The molecule has 1 aromatic heterocycles. The number of ether oxygens (including phenoxy) is 1. The van der Waals surface area contributed by atoms with Crippen molar-refractivity contribution >= 4 is 5.97 Å². The molecule has 88 valence electrons. The van der Waals surface area contributed by atoms with Crippen molar-refractivity contribution in [3.8, 4) is 0 Å². The first kappa shape index (κ1) is 12.6. The zero-order chi connectivity index (χ0) is 11.8. The van der Waals surface area contributed by atoms with Crippen molar-refractivity contribution in [1.82, 2.24) is 4.98 Å². The number of carboxylic acid groups (broad SMARTS) is 1. The highest BCUT2D eigenvalue weighted by Crippen LogP contribution is 2.04. The van der Waals surface area contributed by atoms with Crippen molar-refractivity contribution in [3.05, 3.63) is 30.1 Å². The molecule has 0 spiro atoms. The third-order valence-corrected chi connectivity index (χ3v) is 2.23. The van der Waals surface area contributed by atoms with Crippen molar-refractivity contribution in [3.63, 3.8) is 0 Å². The Morgan fingerprint density at radius 1 is 1.56 bits per heavy atom. The standard InChI is InChI=1S/C12H17NO3/c1-2-5-11(12(14)15)16-9-7-10-6-3-4-8-13-10/h3-4,6,8,11H,2,5,7,9H2,1H3,(H,14,15). The van der Waals surface area contributed by atoms with Crippen molar-refractivity contribution in [2.75, 3.05) is 6.61 Å². The third kappa shape index (κ3) is 4.40. The predicted molar refractivity (Wildman–Crippen MR) is 60.2 cm³/mol. The summed E-state index contributed by atoms with van der Waals surface area (Å²) in [7, 11) is 0. The van der Waals surface area contributed by atoms with Crippen LogP contribution in [0.3, 0.4) is 0 Å². The summed E-state index contributed by atoms with van der Waals surface area (Å²) in [6.45, 7) is 2.34. The Morgan fingerprint density at radius 2 is 2.38 bits per heavy atom. The Kier molecular flexibility index (Phi) is 5.50. The van der Waals surface area contributed by atoms with Crippen LogP contribution in [0.4, 0.5) is 0 Å². The van der Waals surface area contributed by atoms with Gasteiger partial charge in [0.25, 0.3) is 0 Å². The normalized spacial score (nSPS) is 12.3. The summed E-state index contributed by atoms with van der Waals surface area (Å²) < 4.78 is 5.31. The topological polar surface area (TPSA) is 59.4 Å². The first-order valence-corrected chi connectivity index (χ1v) is 5.48. The lowest BCUT2D eigenvalue weighted by Crippen LogP contribution is -2.24. The molecular weight excluding hydrogens is 206 g/mol. The SMILES string of the molecule is CCCC(OCCc1ccccn1)C(=O)O. The molecule has 4 nitrogen and oxygen atoms in total. The molecule has 0 amide bonds. The van der Waals surface area contributed by atoms with Gasteiger partial charge in [0.1, 0.15) is 0 Å². The highest BCUT2D eigenvalue weighted by molar-refractivity contribution is 5.72. The second-order valence-electron chi connectivity index (χ2n) is 3.56. The van der Waals surface area contributed by atoms with Gasteiger partial charge in [-0.1, -0.05) is 19.4 Å². The molecular formula is C12H17NO3. The molecule has 0 bridgehead atoms. The van der Waals surface area contributed by atoms with Gasteiger partial charge in [-0.2, -0.15) is 0 Å². The van der Waals surface area contributed by atoms with E-state index in [0.29, 0.717) is 19.4 Å². The quantitative estimate of drug-likeness (QED) is 0.767. The lowest BCUT2D eigenvalue weighted by Gasteiger charge is -2.12. The van der Waals surface area contributed by atoms with E-state index >= 15 is 0 Å². The van der Waals surface area contributed by atoms with E-state index in [4.69, 9.17) is 9.84 Å². The van der Waals surface area contributed by atoms with E-state index in [9.17, 15) is 4.79 Å². The molecule has 1 unspecified atom stereocenters. The monoisotopic (exact) mass is 223 g/mol. The van der Waals surface area contributed by atoms with Gasteiger partial charge in [0.15, 0.2) is 6.10 Å². The van der Waals surface area contributed by atoms with E-state index in [-0.39, 0.29) is 0 Å². The van der Waals surface area contributed by atoms with Gasteiger partial charge < -0.3 is 9.84 Å². The molecule has 1 atom stereocenters. The average Bonchev–Trinajstić information content (AvgIpc) is 2.29. The van der Waals surface area contributed by atoms with E-state index in [1.165, 1.54) is 0 Å². The fourth-order valence-electron chi connectivity index (χ4n) is 1.39. The molecule has 0 aliphatic heterocycles. The van der Waals surface area contributed by atoms with Crippen LogP contribution in [-0.4, -0.2) is 28.8 Å². The second-order valence-corrected chi connectivity index (χ2v) is 3.56. The summed E-state index contributed by atoms with van der Waals surface area (Å²) in [6, 6.07) is 5.66. The summed E-state index contributed by atoms with van der Waals surface area (Å²) in [6.07, 6.45) is 3.04. The van der Waals surface area contributed by atoms with Crippen molar-refractivity contribution in [1.29, 1.82) is 0 Å². The smallest absolute Gasteiger partial charge is 0.332 e. The zero-order valence-electron chi connectivity index (χ0n) is 9.43. The van der Waals surface area contributed by atoms with Gasteiger partial charge in [0, 0.05) is 18.3 Å². The number of carbonyl (C=O) groups is 1. The fraction of sp³-hybridized carbons (Fsp3) is 0.500. The second kappa shape index (κ2) is 6.95. The van der Waals surface area contributed by atoms with E-state index in [2.05, 4.69) is 4.98 Å². The van der Waals surface area contributed by atoms with E-state index in [1.54, 1.807) is 6.20 Å². The minimum atomic E-state index is -0.886. The maximum absolute atomic E-state index is 10.8. The first-order chi connectivity index (χ1) is 7.74. The molecule has 0 aliphatic carbocycles. The molecule has 1 N–H and O–H groups in total. The van der Waals surface area contributed by atoms with Gasteiger partial charge >= 0.3 is 5.97 Å². The van der Waals surface area contributed by atoms with Crippen LogP contribution >= 0.6 is 0 Å². The summed E-state index contributed by atoms with van der Waals surface area (Å²) in [5.74, 6) is -0.886. The van der Waals surface area contributed by atoms with Crippen LogP contribution in [0.2, 0.25) is 0 Å². The van der Waals surface area contributed by atoms with Crippen LogP contribution in [-0.2, 0) is 16.0 Å². The Labute approximate surface area is 95.3 Å². The number of rotatable bonds is 7. The number of hydrogen-bond acceptors (Lipinski definition) is 3. The molecule has 0 fully saturated rings. The lowest BCUT2D eigenvalue weighted by atomic mass is 10.2. The predicted octanol–water partition coefficient (Wildman–Crippen LogP) is 1.89. The summed E-state index contributed by atoms with van der Waals surface area (Å²) in [4.78, 5) is 14.9. The molecule has 1 rings (SSSR count). The first-order valence-electron chi connectivity index (χ1n) is 5.48. The van der Waals surface area contributed by atoms with Crippen LogP contribution in [0.1, 0.15) is 25.5 Å². The molecule has 16 heavy (non-hydrogen) atoms. The van der Waals surface area contributed by atoms with Crippen LogP contribution in [0, 0.1) is 0 Å². The van der Waals surface area contributed by atoms with Gasteiger partial charge in [0.2, 0.25) is 0 Å². The Hall–Kier alpha value is -1.42. The molecule has 1 heterocycles. The van der Waals surface area contributed by atoms with Crippen molar-refractivity contribution < 1.29 is 14.6 Å². The van der Waals surface area contributed by atoms with Gasteiger partial charge in [-0.25, -0.2) is 4.79 Å². The van der Waals surface area contributed by atoms with E-state index in [0.717, 1.165) is 12.1 Å². The molecule has 0 saturated heterocycles. The minimum absolute atomic E-state index is 0.397. The zero-order valence-corrected chi connectivity index (χ0v) is 9.43. The summed E-state index contributed by atoms with van der Waals surface area (Å²) in [5.41, 5.74) is 0.920. The number of carboxylic acids is 1. The highest BCUT2D eigenvalue weighted by Gasteiger charge is 2.16. The maximum Gasteiger partial charge on any atom is 0.332 e. The molecule has 1 aromatic rings. The Morgan fingerprint density at radius 3 is 2.94 bits per heavy atom. The van der Waals surface area contributed by atoms with Crippen molar-refractivity contribution in [2.45, 2.75) is 32.3 Å². The van der Waals surface area contributed by atoms with Crippen LogP contribution in [0.5, 0.6) is 0 Å². The largest absolute Gasteiger partial charge is 0.479 e. The van der Waals surface area contributed by atoms with Crippen molar-refractivity contribution in [2.24, 2.45) is 0 Å². The molecule has 0 aromatic carbocycles. The number of nitrogens with zero attached hydrogens (tertiary/aromatic N) is 1. The number of pyridine rings is 1. The van der Waals surface area contributed by atoms with Gasteiger partial charge in [-0.05, 0) is 18.6 Å². The van der Waals surface area contributed by atoms with E-state index < -0.39 is 12.1 Å². The fourth-order valence-corrected chi connectivity index (χ4v) is 1.39. The third-order valence-electron chi connectivity index (χ3n) is 2.23. The van der Waals surface area contributed by atoms with Gasteiger partial charge in [-0.15, -0.1) is 0 Å². The molecule has 0 radical (unpaired) electrons. The minimum Gasteiger partial charge on any atom is -0.479 e. The number of aliphatic carboxylic acids is 1. The number of aromatic nitrogens is 1. The Balaban J connectivity index is 2.31. The van der Waals surface area contributed by atoms with Crippen LogP contribution < -0.4 is 0 Å². The average molecular weight is 223 g/mol. The summed E-state index contributed by atoms with van der Waals surface area (Å²) in [5, 5.41) is 8.86. The summed E-state index contributed by atoms with van der Waals surface area (Å²) >= 11 is 0. The number of hydrogen-bond donors (Lipinski definition) is 1. The van der Waals surface area contributed by atoms with Gasteiger partial charge in [0.05, 0.1) is 6.61 Å². The van der Waals surface area contributed by atoms with E-state index in [1.807, 2.05) is 25.1 Å². The Bertz CT molecular complexity index is 313. The maximum atomic E-state index is 10.8. The molecule has 0 saturated carbocycles.